The number of amides is 1. The highest BCUT2D eigenvalue weighted by Crippen LogP contribution is 2.34. The van der Waals surface area contributed by atoms with Crippen LogP contribution in [0.3, 0.4) is 0 Å². The molecule has 1 fully saturated rings. The highest BCUT2D eigenvalue weighted by Gasteiger charge is 2.35. The molecule has 0 spiro atoms. The van der Waals surface area contributed by atoms with E-state index >= 15 is 0 Å². The minimum absolute atomic E-state index is 0.237. The van der Waals surface area contributed by atoms with Gasteiger partial charge >= 0.3 is 10.2 Å². The fraction of sp³-hybridized carbons (Fsp3) is 0.130. The molecule has 0 radical (unpaired) electrons. The summed E-state index contributed by atoms with van der Waals surface area (Å²) in [5.74, 6) is -0.253. The van der Waals surface area contributed by atoms with Gasteiger partial charge < -0.3 is 4.74 Å². The Morgan fingerprint density at radius 1 is 1.00 bits per heavy atom. The van der Waals surface area contributed by atoms with Crippen LogP contribution in [0.5, 0.6) is 5.75 Å². The van der Waals surface area contributed by atoms with E-state index in [2.05, 4.69) is 6.07 Å². The average molecular weight is 433 g/mol. The maximum atomic E-state index is 12.4. The molecule has 3 aromatic carbocycles. The highest BCUT2D eigenvalue weighted by atomic mass is 32.2. The monoisotopic (exact) mass is 433 g/mol. The van der Waals surface area contributed by atoms with Crippen molar-refractivity contribution in [3.8, 4) is 11.8 Å². The molecular weight excluding hydrogens is 414 g/mol. The molecule has 1 aliphatic rings. The predicted octanol–water partition coefficient (Wildman–Crippen LogP) is 2.91. The quantitative estimate of drug-likeness (QED) is 0.644. The molecule has 3 aromatic rings. The summed E-state index contributed by atoms with van der Waals surface area (Å²) >= 11 is 0. The van der Waals surface area contributed by atoms with E-state index in [4.69, 9.17) is 4.74 Å². The largest absolute Gasteiger partial charge is 0.487 e. The van der Waals surface area contributed by atoms with Gasteiger partial charge in [-0.25, -0.2) is 9.03 Å². The van der Waals surface area contributed by atoms with Gasteiger partial charge in [0, 0.05) is 0 Å². The van der Waals surface area contributed by atoms with Crippen molar-refractivity contribution >= 4 is 21.8 Å². The number of carbonyl (C=O) groups excluding carboxylic acids is 1. The first-order chi connectivity index (χ1) is 15.0. The minimum Gasteiger partial charge on any atom is -0.487 e. The molecule has 7 nitrogen and oxygen atoms in total. The lowest BCUT2D eigenvalue weighted by molar-refractivity contribution is -0.117. The van der Waals surface area contributed by atoms with Crippen LogP contribution in [0.15, 0.2) is 72.8 Å². The molecule has 0 saturated carbocycles. The second-order valence-corrected chi connectivity index (χ2v) is 8.65. The number of nitrogens with zero attached hydrogens (tertiary/aromatic N) is 2. The zero-order valence-electron chi connectivity index (χ0n) is 16.5. The molecule has 0 atom stereocenters. The van der Waals surface area contributed by atoms with Crippen molar-refractivity contribution in [3.63, 3.8) is 0 Å². The fourth-order valence-electron chi connectivity index (χ4n) is 3.39. The van der Waals surface area contributed by atoms with Gasteiger partial charge in [-0.05, 0) is 41.3 Å². The smallest absolute Gasteiger partial charge is 0.326 e. The summed E-state index contributed by atoms with van der Waals surface area (Å²) < 4.78 is 33.7. The third-order valence-corrected chi connectivity index (χ3v) is 6.27. The summed E-state index contributed by atoms with van der Waals surface area (Å²) in [6, 6.07) is 24.1. The van der Waals surface area contributed by atoms with E-state index in [1.165, 1.54) is 0 Å². The summed E-state index contributed by atoms with van der Waals surface area (Å²) in [6.45, 7) is -0.0675. The molecular formula is C23H19N3O4S. The lowest BCUT2D eigenvalue weighted by Crippen LogP contribution is -2.29. The molecule has 156 valence electrons. The van der Waals surface area contributed by atoms with Crippen LogP contribution in [0.4, 0.5) is 5.69 Å². The molecule has 0 aliphatic carbocycles. The molecule has 31 heavy (non-hydrogen) atoms. The summed E-state index contributed by atoms with van der Waals surface area (Å²) in [6.07, 6.45) is 0.482. The minimum atomic E-state index is -3.97. The number of rotatable bonds is 6. The number of ether oxygens (including phenoxy) is 1. The van der Waals surface area contributed by atoms with Gasteiger partial charge in [-0.1, -0.05) is 54.6 Å². The fourth-order valence-corrected chi connectivity index (χ4v) is 4.55. The van der Waals surface area contributed by atoms with Gasteiger partial charge in [0.25, 0.3) is 5.91 Å². The van der Waals surface area contributed by atoms with Crippen LogP contribution < -0.4 is 13.8 Å². The topological polar surface area (TPSA) is 99.5 Å². The van der Waals surface area contributed by atoms with E-state index in [-0.39, 0.29) is 18.8 Å². The summed E-state index contributed by atoms with van der Waals surface area (Å²) in [5.41, 5.74) is 3.50. The van der Waals surface area contributed by atoms with Crippen LogP contribution in [0.2, 0.25) is 0 Å². The standard InChI is InChI=1S/C23H19N3O4S/c24-14-20-9-5-4-8-19(20)12-18-10-11-21(26-15-23(27)25-31(26,28)29)22(13-18)30-16-17-6-2-1-3-7-17/h1-11,13H,12,15-16H2,(H,25,27). The van der Waals surface area contributed by atoms with Crippen LogP contribution in [0, 0.1) is 11.3 Å². The molecule has 8 heteroatoms. The molecule has 0 aromatic heterocycles. The highest BCUT2D eigenvalue weighted by molar-refractivity contribution is 7.92. The van der Waals surface area contributed by atoms with Crippen molar-refractivity contribution in [2.75, 3.05) is 10.8 Å². The van der Waals surface area contributed by atoms with E-state index in [0.29, 0.717) is 17.7 Å². The van der Waals surface area contributed by atoms with Crippen LogP contribution >= 0.6 is 0 Å². The van der Waals surface area contributed by atoms with Crippen molar-refractivity contribution < 1.29 is 17.9 Å². The number of benzene rings is 3. The Hall–Kier alpha value is -3.83. The first-order valence-electron chi connectivity index (χ1n) is 9.57. The summed E-state index contributed by atoms with van der Waals surface area (Å²) in [4.78, 5) is 11.7. The van der Waals surface area contributed by atoms with E-state index in [9.17, 15) is 18.5 Å². The number of carbonyl (C=O) groups is 1. The second-order valence-electron chi connectivity index (χ2n) is 7.06. The molecule has 1 N–H and O–H groups in total. The number of nitriles is 1. The zero-order valence-corrected chi connectivity index (χ0v) is 17.3. The van der Waals surface area contributed by atoms with Gasteiger partial charge in [-0.2, -0.15) is 13.7 Å². The second kappa shape index (κ2) is 8.50. The van der Waals surface area contributed by atoms with Crippen molar-refractivity contribution in [1.29, 1.82) is 5.26 Å². The molecule has 1 heterocycles. The maximum absolute atomic E-state index is 12.4. The predicted molar refractivity (Wildman–Crippen MR) is 116 cm³/mol. The number of nitrogens with one attached hydrogen (secondary N) is 1. The third kappa shape index (κ3) is 4.52. The van der Waals surface area contributed by atoms with Crippen LogP contribution in [-0.2, 0) is 28.0 Å². The first-order valence-corrected chi connectivity index (χ1v) is 11.0. The Balaban J connectivity index is 1.69. The molecule has 1 amide bonds. The maximum Gasteiger partial charge on any atom is 0.326 e. The van der Waals surface area contributed by atoms with E-state index < -0.39 is 16.1 Å². The lowest BCUT2D eigenvalue weighted by Gasteiger charge is -2.20. The number of anilines is 1. The van der Waals surface area contributed by atoms with Crippen molar-refractivity contribution in [3.05, 3.63) is 95.1 Å². The van der Waals surface area contributed by atoms with Gasteiger partial charge in [-0.3, -0.25) is 4.79 Å². The summed E-state index contributed by atoms with van der Waals surface area (Å²) in [5, 5.41) is 9.34. The average Bonchev–Trinajstić information content (AvgIpc) is 3.05. The lowest BCUT2D eigenvalue weighted by atomic mass is 10.00. The van der Waals surface area contributed by atoms with Gasteiger partial charge in [0.15, 0.2) is 0 Å². The first kappa shape index (κ1) is 20.4. The van der Waals surface area contributed by atoms with Crippen molar-refractivity contribution in [2.24, 2.45) is 0 Å². The van der Waals surface area contributed by atoms with Gasteiger partial charge in [-0.15, -0.1) is 0 Å². The zero-order chi connectivity index (χ0) is 21.8. The third-order valence-electron chi connectivity index (χ3n) is 4.88. The van der Waals surface area contributed by atoms with Crippen LogP contribution in [0.25, 0.3) is 0 Å². The Morgan fingerprint density at radius 2 is 1.74 bits per heavy atom. The number of hydrogen-bond donors (Lipinski definition) is 1. The van der Waals surface area contributed by atoms with Crippen molar-refractivity contribution in [1.82, 2.24) is 4.72 Å². The van der Waals surface area contributed by atoms with Crippen LogP contribution in [-0.4, -0.2) is 20.9 Å². The Kier molecular flexibility index (Phi) is 5.60. The van der Waals surface area contributed by atoms with Crippen molar-refractivity contribution in [2.45, 2.75) is 13.0 Å². The van der Waals surface area contributed by atoms with Crippen LogP contribution in [0.1, 0.15) is 22.3 Å². The van der Waals surface area contributed by atoms with Gasteiger partial charge in [0.05, 0.1) is 17.3 Å². The number of hydrogen-bond acceptors (Lipinski definition) is 5. The van der Waals surface area contributed by atoms with E-state index in [0.717, 1.165) is 21.0 Å². The molecule has 1 saturated heterocycles. The molecule has 0 unspecified atom stereocenters. The summed E-state index contributed by atoms with van der Waals surface area (Å²) in [7, 11) is -3.97. The Morgan fingerprint density at radius 3 is 2.45 bits per heavy atom. The molecule has 4 rings (SSSR count). The van der Waals surface area contributed by atoms with Gasteiger partial charge in [0.1, 0.15) is 18.9 Å². The molecule has 1 aliphatic heterocycles. The molecule has 0 bridgehead atoms. The SMILES string of the molecule is N#Cc1ccccc1Cc1ccc(N2CC(=O)NS2(=O)=O)c(OCc2ccccc2)c1. The van der Waals surface area contributed by atoms with Gasteiger partial charge in [0.2, 0.25) is 0 Å². The Bertz CT molecular complexity index is 1270. The van der Waals surface area contributed by atoms with E-state index in [1.54, 1.807) is 24.3 Å². The normalized spacial score (nSPS) is 14.7. The Labute approximate surface area is 180 Å². The van der Waals surface area contributed by atoms with E-state index in [1.807, 2.05) is 53.3 Å².